The monoisotopic (exact) mass is 429 g/mol. The zero-order valence-electron chi connectivity index (χ0n) is 17.1. The lowest BCUT2D eigenvalue weighted by atomic mass is 9.89. The van der Waals surface area contributed by atoms with Crippen molar-refractivity contribution in [2.24, 2.45) is 0 Å². The van der Waals surface area contributed by atoms with E-state index in [2.05, 4.69) is 28.5 Å². The Labute approximate surface area is 184 Å². The van der Waals surface area contributed by atoms with Gasteiger partial charge in [0.05, 0.1) is 23.3 Å². The highest BCUT2D eigenvalue weighted by Gasteiger charge is 2.20. The lowest BCUT2D eigenvalue weighted by Crippen LogP contribution is -2.35. The van der Waals surface area contributed by atoms with Crippen LogP contribution in [-0.4, -0.2) is 15.5 Å². The molecular formula is C25H23N3O2S. The highest BCUT2D eigenvalue weighted by atomic mass is 32.1. The molecule has 156 valence electrons. The molecule has 31 heavy (non-hydrogen) atoms. The van der Waals surface area contributed by atoms with Gasteiger partial charge < -0.3 is 5.32 Å². The molecule has 2 aromatic carbocycles. The molecule has 0 fully saturated rings. The maximum Gasteiger partial charge on any atom is 0.261 e. The molecule has 5 nitrogen and oxygen atoms in total. The lowest BCUT2D eigenvalue weighted by Gasteiger charge is -2.22. The average Bonchev–Trinajstić information content (AvgIpc) is 3.34. The number of carbonyl (C=O) groups excluding carboxylic acids is 1. The number of nitrogens with zero attached hydrogens (tertiary/aromatic N) is 2. The van der Waals surface area contributed by atoms with Crippen LogP contribution in [0.25, 0.3) is 10.9 Å². The Morgan fingerprint density at radius 2 is 1.90 bits per heavy atom. The molecule has 2 aromatic heterocycles. The lowest BCUT2D eigenvalue weighted by molar-refractivity contribution is -0.122. The van der Waals surface area contributed by atoms with Crippen LogP contribution >= 0.6 is 11.3 Å². The van der Waals surface area contributed by atoms with Crippen molar-refractivity contribution in [1.82, 2.24) is 14.9 Å². The van der Waals surface area contributed by atoms with Crippen molar-refractivity contribution in [2.45, 2.75) is 38.3 Å². The number of hydrogen-bond donors (Lipinski definition) is 1. The Balaban J connectivity index is 1.42. The van der Waals surface area contributed by atoms with E-state index in [1.807, 2.05) is 23.6 Å². The van der Waals surface area contributed by atoms with Crippen molar-refractivity contribution in [3.8, 4) is 0 Å². The van der Waals surface area contributed by atoms with Crippen LogP contribution < -0.4 is 10.9 Å². The second-order valence-corrected chi connectivity index (χ2v) is 8.93. The van der Waals surface area contributed by atoms with E-state index in [0.29, 0.717) is 10.9 Å². The molecule has 5 rings (SSSR count). The fourth-order valence-electron chi connectivity index (χ4n) is 4.29. The molecule has 1 aliphatic carbocycles. The van der Waals surface area contributed by atoms with Crippen LogP contribution in [0.1, 0.15) is 40.5 Å². The van der Waals surface area contributed by atoms with Crippen molar-refractivity contribution in [1.29, 1.82) is 0 Å². The molecule has 1 N–H and O–H groups in total. The van der Waals surface area contributed by atoms with E-state index in [4.69, 9.17) is 0 Å². The van der Waals surface area contributed by atoms with Crippen molar-refractivity contribution in [3.63, 3.8) is 0 Å². The number of para-hydroxylation sites is 1. The third-order valence-electron chi connectivity index (χ3n) is 5.88. The zero-order valence-corrected chi connectivity index (χ0v) is 17.9. The number of thiophene rings is 1. The summed E-state index contributed by atoms with van der Waals surface area (Å²) in [5, 5.41) is 5.68. The maximum atomic E-state index is 13.0. The molecule has 0 saturated carbocycles. The minimum absolute atomic E-state index is 0.0660. The van der Waals surface area contributed by atoms with E-state index < -0.39 is 0 Å². The number of carbonyl (C=O) groups is 1. The number of fused-ring (bicyclic) bond motifs is 2. The Morgan fingerprint density at radius 1 is 1.06 bits per heavy atom. The van der Waals surface area contributed by atoms with Gasteiger partial charge in [-0.05, 0) is 66.0 Å². The van der Waals surface area contributed by atoms with E-state index in [1.165, 1.54) is 34.9 Å². The smallest absolute Gasteiger partial charge is 0.261 e. The van der Waals surface area contributed by atoms with Crippen LogP contribution in [0.5, 0.6) is 0 Å². The van der Waals surface area contributed by atoms with Gasteiger partial charge in [0.25, 0.3) is 5.56 Å². The van der Waals surface area contributed by atoms with Crippen molar-refractivity contribution < 1.29 is 4.79 Å². The van der Waals surface area contributed by atoms with Crippen LogP contribution in [0.15, 0.2) is 71.1 Å². The first-order valence-corrected chi connectivity index (χ1v) is 11.5. The first kappa shape index (κ1) is 19.7. The molecule has 0 radical (unpaired) electrons. The summed E-state index contributed by atoms with van der Waals surface area (Å²) in [5.41, 5.74) is 4.31. The summed E-state index contributed by atoms with van der Waals surface area (Å²) in [6, 6.07) is 17.5. The van der Waals surface area contributed by atoms with Crippen LogP contribution in [0.4, 0.5) is 0 Å². The number of nitrogens with one attached hydrogen (secondary N) is 1. The number of benzene rings is 2. The second kappa shape index (κ2) is 8.47. The van der Waals surface area contributed by atoms with Gasteiger partial charge in [-0.1, -0.05) is 36.4 Å². The molecule has 2 heterocycles. The molecule has 6 heteroatoms. The van der Waals surface area contributed by atoms with Gasteiger partial charge in [-0.3, -0.25) is 14.2 Å². The summed E-state index contributed by atoms with van der Waals surface area (Å²) in [6.07, 6.45) is 6.12. The summed E-state index contributed by atoms with van der Waals surface area (Å²) in [5.74, 6) is -0.213. The van der Waals surface area contributed by atoms with E-state index in [0.717, 1.165) is 23.3 Å². The highest BCUT2D eigenvalue weighted by Crippen LogP contribution is 2.30. The predicted molar refractivity (Wildman–Crippen MR) is 123 cm³/mol. The minimum atomic E-state index is -0.233. The van der Waals surface area contributed by atoms with Gasteiger partial charge in [0.2, 0.25) is 5.91 Å². The summed E-state index contributed by atoms with van der Waals surface area (Å²) in [4.78, 5) is 31.1. The van der Waals surface area contributed by atoms with Gasteiger partial charge in [0, 0.05) is 4.88 Å². The summed E-state index contributed by atoms with van der Waals surface area (Å²) in [7, 11) is 0. The molecule has 0 spiro atoms. The summed E-state index contributed by atoms with van der Waals surface area (Å²) < 4.78 is 1.37. The number of hydrogen-bond acceptors (Lipinski definition) is 4. The Bertz CT molecular complexity index is 1290. The van der Waals surface area contributed by atoms with Gasteiger partial charge in [-0.15, -0.1) is 11.3 Å². The first-order valence-electron chi connectivity index (χ1n) is 10.6. The van der Waals surface area contributed by atoms with E-state index in [9.17, 15) is 9.59 Å². The standard InChI is InChI=1S/C25H23N3O2S/c29-23(15-28-16-26-21-9-4-3-8-20(21)25(28)30)27-24(22-10-5-13-31-22)19-12-11-17-6-1-2-7-18(17)14-19/h3-5,8-14,16,24H,1-2,6-7,15H2,(H,27,29)/t24-/m0/s1. The van der Waals surface area contributed by atoms with E-state index in [1.54, 1.807) is 29.5 Å². The Hall–Kier alpha value is -3.25. The van der Waals surface area contributed by atoms with Crippen molar-refractivity contribution in [3.05, 3.63) is 98.2 Å². The van der Waals surface area contributed by atoms with Crippen LogP contribution in [-0.2, 0) is 24.2 Å². The molecular weight excluding hydrogens is 406 g/mol. The molecule has 1 aliphatic rings. The van der Waals surface area contributed by atoms with Gasteiger partial charge in [-0.25, -0.2) is 4.98 Å². The Morgan fingerprint density at radius 3 is 2.74 bits per heavy atom. The molecule has 0 saturated heterocycles. The number of rotatable bonds is 5. The number of amides is 1. The van der Waals surface area contributed by atoms with Crippen LogP contribution in [0.2, 0.25) is 0 Å². The molecule has 0 unspecified atom stereocenters. The second-order valence-electron chi connectivity index (χ2n) is 7.95. The van der Waals surface area contributed by atoms with E-state index >= 15 is 0 Å². The van der Waals surface area contributed by atoms with Crippen LogP contribution in [0.3, 0.4) is 0 Å². The third kappa shape index (κ3) is 4.03. The van der Waals surface area contributed by atoms with Crippen molar-refractivity contribution in [2.75, 3.05) is 0 Å². The quantitative estimate of drug-likeness (QED) is 0.516. The SMILES string of the molecule is O=C(Cn1cnc2ccccc2c1=O)N[C@@H](c1ccc2c(c1)CCCC2)c1cccs1. The molecule has 1 atom stereocenters. The van der Waals surface area contributed by atoms with Crippen LogP contribution in [0, 0.1) is 0 Å². The zero-order chi connectivity index (χ0) is 21.2. The normalized spacial score (nSPS) is 14.2. The average molecular weight is 430 g/mol. The summed E-state index contributed by atoms with van der Waals surface area (Å²) >= 11 is 1.62. The van der Waals surface area contributed by atoms with Gasteiger partial charge >= 0.3 is 0 Å². The summed E-state index contributed by atoms with van der Waals surface area (Å²) in [6.45, 7) is -0.0660. The topological polar surface area (TPSA) is 64.0 Å². The molecule has 0 bridgehead atoms. The molecule has 4 aromatic rings. The van der Waals surface area contributed by atoms with Gasteiger partial charge in [0.15, 0.2) is 0 Å². The predicted octanol–water partition coefficient (Wildman–Crippen LogP) is 4.24. The van der Waals surface area contributed by atoms with E-state index in [-0.39, 0.29) is 24.1 Å². The number of aromatic nitrogens is 2. The fraction of sp³-hybridized carbons (Fsp3) is 0.240. The Kier molecular flexibility index (Phi) is 5.38. The third-order valence-corrected chi connectivity index (χ3v) is 6.82. The maximum absolute atomic E-state index is 13.0. The minimum Gasteiger partial charge on any atom is -0.343 e. The highest BCUT2D eigenvalue weighted by molar-refractivity contribution is 7.10. The number of aryl methyl sites for hydroxylation is 2. The first-order chi connectivity index (χ1) is 15.2. The molecule has 0 aliphatic heterocycles. The van der Waals surface area contributed by atoms with Crippen molar-refractivity contribution >= 4 is 28.1 Å². The van der Waals surface area contributed by atoms with Gasteiger partial charge in [-0.2, -0.15) is 0 Å². The molecule has 1 amide bonds. The van der Waals surface area contributed by atoms with Gasteiger partial charge in [0.1, 0.15) is 6.54 Å². The largest absolute Gasteiger partial charge is 0.343 e. The fourth-order valence-corrected chi connectivity index (χ4v) is 5.09.